The molecule has 0 N–H and O–H groups in total. The summed E-state index contributed by atoms with van der Waals surface area (Å²) in [6.45, 7) is 7.20. The Labute approximate surface area is 157 Å². The van der Waals surface area contributed by atoms with E-state index in [-0.39, 0.29) is 11.9 Å². The monoisotopic (exact) mass is 347 g/mol. The molecular formula is C24H29NO. The zero-order valence-corrected chi connectivity index (χ0v) is 16.2. The van der Waals surface area contributed by atoms with Gasteiger partial charge in [0, 0.05) is 12.1 Å². The number of β-lactam (4-membered cyclic amide) rings is 1. The van der Waals surface area contributed by atoms with Gasteiger partial charge in [-0.05, 0) is 42.9 Å². The van der Waals surface area contributed by atoms with E-state index < -0.39 is 0 Å². The largest absolute Gasteiger partial charge is 0.327 e. The van der Waals surface area contributed by atoms with Crippen molar-refractivity contribution < 1.29 is 4.79 Å². The molecule has 136 valence electrons. The molecule has 2 aromatic rings. The van der Waals surface area contributed by atoms with Crippen molar-refractivity contribution in [2.75, 3.05) is 0 Å². The van der Waals surface area contributed by atoms with E-state index in [0.717, 1.165) is 31.3 Å². The van der Waals surface area contributed by atoms with Crippen LogP contribution in [0.3, 0.4) is 0 Å². The van der Waals surface area contributed by atoms with Gasteiger partial charge in [-0.1, -0.05) is 80.4 Å². The molecule has 26 heavy (non-hydrogen) atoms. The number of hydrogen-bond acceptors (Lipinski definition) is 1. The normalized spacial score (nSPS) is 18.7. The first kappa shape index (κ1) is 18.4. The minimum Gasteiger partial charge on any atom is -0.327 e. The Morgan fingerprint density at radius 2 is 1.69 bits per heavy atom. The van der Waals surface area contributed by atoms with Crippen LogP contribution in [0, 0.1) is 6.92 Å². The number of unbranched alkanes of at least 4 members (excludes halogenated alkanes) is 1. The maximum absolute atomic E-state index is 13.0. The zero-order valence-electron chi connectivity index (χ0n) is 16.2. The smallest absolute Gasteiger partial charge is 0.253 e. The molecule has 1 aliphatic rings. The first-order chi connectivity index (χ1) is 12.7. The fraction of sp³-hybridized carbons (Fsp3) is 0.375. The molecule has 0 saturated carbocycles. The van der Waals surface area contributed by atoms with Crippen molar-refractivity contribution in [1.82, 2.24) is 4.90 Å². The van der Waals surface area contributed by atoms with Gasteiger partial charge in [0.05, 0.1) is 6.04 Å². The van der Waals surface area contributed by atoms with E-state index in [1.165, 1.54) is 22.3 Å². The van der Waals surface area contributed by atoms with Gasteiger partial charge in [-0.2, -0.15) is 0 Å². The maximum atomic E-state index is 13.0. The van der Waals surface area contributed by atoms with Crippen molar-refractivity contribution in [2.45, 2.75) is 59.0 Å². The Hall–Kier alpha value is -2.35. The van der Waals surface area contributed by atoms with E-state index in [9.17, 15) is 4.79 Å². The molecule has 3 rings (SSSR count). The Morgan fingerprint density at radius 3 is 2.31 bits per heavy atom. The molecule has 2 nitrogen and oxygen atoms in total. The first-order valence-electron chi connectivity index (χ1n) is 9.80. The molecule has 0 radical (unpaired) electrons. The van der Waals surface area contributed by atoms with Gasteiger partial charge in [0.1, 0.15) is 0 Å². The average Bonchev–Trinajstić information content (AvgIpc) is 2.67. The van der Waals surface area contributed by atoms with Crippen molar-refractivity contribution in [3.63, 3.8) is 0 Å². The quantitative estimate of drug-likeness (QED) is 0.460. The highest BCUT2D eigenvalue weighted by atomic mass is 16.2. The fourth-order valence-electron chi connectivity index (χ4n) is 3.79. The minimum absolute atomic E-state index is 0.215. The molecule has 1 amide bonds. The van der Waals surface area contributed by atoms with E-state index in [2.05, 4.69) is 57.2 Å². The number of amides is 1. The Morgan fingerprint density at radius 1 is 1.00 bits per heavy atom. The van der Waals surface area contributed by atoms with Crippen LogP contribution in [-0.4, -0.2) is 16.8 Å². The number of benzene rings is 2. The summed E-state index contributed by atoms with van der Waals surface area (Å²) in [6, 6.07) is 19.2. The summed E-state index contributed by atoms with van der Waals surface area (Å²) in [7, 11) is 0. The first-order valence-corrected chi connectivity index (χ1v) is 9.80. The summed E-state index contributed by atoms with van der Waals surface area (Å²) in [4.78, 5) is 15.1. The van der Waals surface area contributed by atoms with Gasteiger partial charge < -0.3 is 4.90 Å². The molecule has 1 fully saturated rings. The number of allylic oxidation sites excluding steroid dienone is 1. The van der Waals surface area contributed by atoms with Gasteiger partial charge in [0.2, 0.25) is 0 Å². The van der Waals surface area contributed by atoms with Crippen LogP contribution in [0.2, 0.25) is 0 Å². The van der Waals surface area contributed by atoms with Gasteiger partial charge in [-0.3, -0.25) is 4.79 Å². The lowest BCUT2D eigenvalue weighted by Gasteiger charge is -2.44. The van der Waals surface area contributed by atoms with Gasteiger partial charge >= 0.3 is 0 Å². The lowest BCUT2D eigenvalue weighted by atomic mass is 9.82. The lowest BCUT2D eigenvalue weighted by Crippen LogP contribution is -2.54. The minimum atomic E-state index is 0.215. The van der Waals surface area contributed by atoms with Crippen molar-refractivity contribution in [3.05, 3.63) is 76.9 Å². The number of rotatable bonds is 7. The molecule has 1 unspecified atom stereocenters. The third kappa shape index (κ3) is 3.75. The van der Waals surface area contributed by atoms with E-state index in [1.807, 2.05) is 23.1 Å². The van der Waals surface area contributed by atoms with Crippen LogP contribution in [0.15, 0.2) is 60.2 Å². The second kappa shape index (κ2) is 8.35. The molecule has 1 heterocycles. The number of hydrogen-bond donors (Lipinski definition) is 0. The third-order valence-electron chi connectivity index (χ3n) is 5.29. The SMILES string of the molecule is CCCC/C(=C1\C(=O)N(Cc2ccccc2)C1CC)c1ccc(C)cc1. The van der Waals surface area contributed by atoms with Crippen LogP contribution in [0.5, 0.6) is 0 Å². The number of carbonyl (C=O) groups is 1. The van der Waals surface area contributed by atoms with Crippen LogP contribution in [0.1, 0.15) is 56.2 Å². The molecule has 0 aliphatic carbocycles. The van der Waals surface area contributed by atoms with E-state index in [0.29, 0.717) is 6.54 Å². The molecule has 0 bridgehead atoms. The van der Waals surface area contributed by atoms with E-state index >= 15 is 0 Å². The van der Waals surface area contributed by atoms with Crippen LogP contribution in [0.25, 0.3) is 5.57 Å². The van der Waals surface area contributed by atoms with E-state index in [4.69, 9.17) is 0 Å². The summed E-state index contributed by atoms with van der Waals surface area (Å²) < 4.78 is 0. The van der Waals surface area contributed by atoms with Crippen molar-refractivity contribution in [1.29, 1.82) is 0 Å². The van der Waals surface area contributed by atoms with Gasteiger partial charge in [0.15, 0.2) is 0 Å². The average molecular weight is 348 g/mol. The lowest BCUT2D eigenvalue weighted by molar-refractivity contribution is -0.137. The standard InChI is InChI=1S/C24H29NO/c1-4-6-12-21(20-15-13-18(3)14-16-20)23-22(5-2)25(24(23)26)17-19-10-8-7-9-11-19/h7-11,13-16,22H,4-6,12,17H2,1-3H3/b23-21+. The van der Waals surface area contributed by atoms with E-state index in [1.54, 1.807) is 0 Å². The fourth-order valence-corrected chi connectivity index (χ4v) is 3.79. The molecule has 2 aromatic carbocycles. The summed E-state index contributed by atoms with van der Waals surface area (Å²) in [5, 5.41) is 0. The summed E-state index contributed by atoms with van der Waals surface area (Å²) in [5.41, 5.74) is 5.97. The highest BCUT2D eigenvalue weighted by Crippen LogP contribution is 2.38. The Kier molecular flexibility index (Phi) is 5.92. The summed E-state index contributed by atoms with van der Waals surface area (Å²) in [6.07, 6.45) is 4.21. The predicted octanol–water partition coefficient (Wildman–Crippen LogP) is 5.76. The summed E-state index contributed by atoms with van der Waals surface area (Å²) >= 11 is 0. The van der Waals surface area contributed by atoms with Gasteiger partial charge in [0.25, 0.3) is 5.91 Å². The van der Waals surface area contributed by atoms with Crippen LogP contribution >= 0.6 is 0 Å². The Bertz CT molecular complexity index is 774. The van der Waals surface area contributed by atoms with Crippen LogP contribution in [0.4, 0.5) is 0 Å². The maximum Gasteiger partial charge on any atom is 0.253 e. The van der Waals surface area contributed by atoms with Crippen LogP contribution in [-0.2, 0) is 11.3 Å². The second-order valence-electron chi connectivity index (χ2n) is 7.20. The van der Waals surface area contributed by atoms with Crippen LogP contribution < -0.4 is 0 Å². The van der Waals surface area contributed by atoms with Crippen molar-refractivity contribution in [3.8, 4) is 0 Å². The summed E-state index contributed by atoms with van der Waals surface area (Å²) in [5.74, 6) is 0.215. The molecule has 1 saturated heterocycles. The zero-order chi connectivity index (χ0) is 18.5. The highest BCUT2D eigenvalue weighted by molar-refractivity contribution is 6.08. The number of likely N-dealkylation sites (tertiary alicyclic amines) is 1. The third-order valence-corrected chi connectivity index (χ3v) is 5.29. The number of aryl methyl sites for hydroxylation is 1. The van der Waals surface area contributed by atoms with Gasteiger partial charge in [-0.25, -0.2) is 0 Å². The molecular weight excluding hydrogens is 318 g/mol. The molecule has 0 aromatic heterocycles. The molecule has 1 aliphatic heterocycles. The predicted molar refractivity (Wildman–Crippen MR) is 109 cm³/mol. The second-order valence-corrected chi connectivity index (χ2v) is 7.20. The molecule has 2 heteroatoms. The van der Waals surface area contributed by atoms with Gasteiger partial charge in [-0.15, -0.1) is 0 Å². The van der Waals surface area contributed by atoms with Crippen molar-refractivity contribution in [2.24, 2.45) is 0 Å². The highest BCUT2D eigenvalue weighted by Gasteiger charge is 2.42. The number of carbonyl (C=O) groups excluding carboxylic acids is 1. The molecule has 0 spiro atoms. The Balaban J connectivity index is 1.91. The number of nitrogens with zero attached hydrogens (tertiary/aromatic N) is 1. The van der Waals surface area contributed by atoms with Crippen molar-refractivity contribution >= 4 is 11.5 Å². The topological polar surface area (TPSA) is 20.3 Å². The molecule has 1 atom stereocenters.